The second kappa shape index (κ2) is 9.55. The number of aromatic nitrogens is 4. The van der Waals surface area contributed by atoms with Crippen LogP contribution in [0.15, 0.2) is 52.0 Å². The van der Waals surface area contributed by atoms with Gasteiger partial charge < -0.3 is 20.3 Å². The van der Waals surface area contributed by atoms with Crippen LogP contribution in [0.2, 0.25) is 5.02 Å². The molecule has 4 aromatic rings. The van der Waals surface area contributed by atoms with Gasteiger partial charge in [0.25, 0.3) is 5.89 Å². The topological polar surface area (TPSA) is 121 Å². The highest BCUT2D eigenvalue weighted by Crippen LogP contribution is 2.35. The molecule has 3 N–H and O–H groups in total. The normalized spacial score (nSPS) is 10.9. The molecule has 2 aromatic carbocycles. The number of thioether (sulfide) groups is 1. The second-order valence-electron chi connectivity index (χ2n) is 7.11. The lowest BCUT2D eigenvalue weighted by Gasteiger charge is -2.09. The number of methoxy groups -OCH3 is 1. The summed E-state index contributed by atoms with van der Waals surface area (Å²) in [7, 11) is 1.60. The number of nitrogens with one attached hydrogen (secondary N) is 1. The number of nitrogen functional groups attached to an aromatic ring is 1. The molecule has 0 aliphatic heterocycles. The first-order valence-corrected chi connectivity index (χ1v) is 11.4. The number of benzene rings is 2. The fourth-order valence-corrected chi connectivity index (χ4v) is 4.00. The Morgan fingerprint density at radius 2 is 2.03 bits per heavy atom. The molecule has 0 unspecified atom stereocenters. The number of hydrogen-bond donors (Lipinski definition) is 2. The standard InChI is InChI=1S/C22H21ClN6O3S/c1-12-4-9-16(15(23)10-12)25-17(30)11-29-19(24)18(22(27-29)33-3)21-26-20(28-32-21)13-5-7-14(31-2)8-6-13/h4-10H,11,24H2,1-3H3,(H,25,30). The molecule has 0 radical (unpaired) electrons. The Kier molecular flexibility index (Phi) is 6.57. The number of halogens is 1. The van der Waals surface area contributed by atoms with Crippen LogP contribution in [0.1, 0.15) is 5.56 Å². The van der Waals surface area contributed by atoms with E-state index in [1.807, 2.05) is 43.5 Å². The van der Waals surface area contributed by atoms with Gasteiger partial charge in [-0.3, -0.25) is 4.79 Å². The van der Waals surface area contributed by atoms with Gasteiger partial charge in [0.2, 0.25) is 11.7 Å². The number of aryl methyl sites for hydroxylation is 1. The molecule has 170 valence electrons. The summed E-state index contributed by atoms with van der Waals surface area (Å²) in [4.78, 5) is 17.1. The monoisotopic (exact) mass is 484 g/mol. The fraction of sp³-hybridized carbons (Fsp3) is 0.182. The largest absolute Gasteiger partial charge is 0.497 e. The highest BCUT2D eigenvalue weighted by Gasteiger charge is 2.24. The van der Waals surface area contributed by atoms with Crippen molar-refractivity contribution in [2.45, 2.75) is 18.5 Å². The third kappa shape index (κ3) is 4.81. The molecule has 9 nitrogen and oxygen atoms in total. The summed E-state index contributed by atoms with van der Waals surface area (Å²) < 4.78 is 12.0. The predicted octanol–water partition coefficient (Wildman–Crippen LogP) is 4.51. The quantitative estimate of drug-likeness (QED) is 0.367. The van der Waals surface area contributed by atoms with Crippen molar-refractivity contribution in [2.24, 2.45) is 0 Å². The van der Waals surface area contributed by atoms with Crippen LogP contribution >= 0.6 is 23.4 Å². The van der Waals surface area contributed by atoms with Crippen LogP contribution in [0.4, 0.5) is 11.5 Å². The number of ether oxygens (including phenoxy) is 1. The van der Waals surface area contributed by atoms with Gasteiger partial charge in [0.05, 0.1) is 17.8 Å². The van der Waals surface area contributed by atoms with Gasteiger partial charge in [-0.05, 0) is 55.1 Å². The summed E-state index contributed by atoms with van der Waals surface area (Å²) in [5.41, 5.74) is 9.08. The van der Waals surface area contributed by atoms with Crippen LogP contribution < -0.4 is 15.8 Å². The van der Waals surface area contributed by atoms with Gasteiger partial charge in [-0.1, -0.05) is 22.8 Å². The molecule has 1 amide bonds. The summed E-state index contributed by atoms with van der Waals surface area (Å²) in [6, 6.07) is 12.7. The third-order valence-corrected chi connectivity index (χ3v) is 5.82. The molecule has 0 atom stereocenters. The van der Waals surface area contributed by atoms with Gasteiger partial charge in [-0.25, -0.2) is 4.68 Å². The van der Waals surface area contributed by atoms with E-state index < -0.39 is 0 Å². The number of rotatable bonds is 7. The van der Waals surface area contributed by atoms with Crippen LogP contribution in [0.25, 0.3) is 22.8 Å². The molecule has 11 heteroatoms. The van der Waals surface area contributed by atoms with E-state index in [4.69, 9.17) is 26.6 Å². The summed E-state index contributed by atoms with van der Waals surface area (Å²) in [6.07, 6.45) is 1.85. The van der Waals surface area contributed by atoms with Crippen molar-refractivity contribution in [1.29, 1.82) is 0 Å². The van der Waals surface area contributed by atoms with Crippen molar-refractivity contribution in [3.63, 3.8) is 0 Å². The smallest absolute Gasteiger partial charge is 0.264 e. The second-order valence-corrected chi connectivity index (χ2v) is 8.31. The Morgan fingerprint density at radius 3 is 2.70 bits per heavy atom. The molecule has 0 aliphatic rings. The maximum Gasteiger partial charge on any atom is 0.264 e. The SMILES string of the molecule is COc1ccc(-c2noc(-c3c(SC)nn(CC(=O)Nc4ccc(C)cc4Cl)c3N)n2)cc1. The summed E-state index contributed by atoms with van der Waals surface area (Å²) in [5, 5.41) is 12.3. The average molecular weight is 485 g/mol. The van der Waals surface area contributed by atoms with Gasteiger partial charge in [0.15, 0.2) is 0 Å². The van der Waals surface area contributed by atoms with E-state index >= 15 is 0 Å². The number of carbonyl (C=O) groups is 1. The van der Waals surface area contributed by atoms with Crippen molar-refractivity contribution in [2.75, 3.05) is 24.4 Å². The van der Waals surface area contributed by atoms with Crippen LogP contribution in [-0.4, -0.2) is 39.2 Å². The maximum absolute atomic E-state index is 12.6. The van der Waals surface area contributed by atoms with Gasteiger partial charge in [-0.15, -0.1) is 11.8 Å². The van der Waals surface area contributed by atoms with Crippen molar-refractivity contribution >= 4 is 40.8 Å². The Bertz CT molecular complexity index is 1300. The lowest BCUT2D eigenvalue weighted by molar-refractivity contribution is -0.116. The Labute approximate surface area is 199 Å². The van der Waals surface area contributed by atoms with E-state index in [1.165, 1.54) is 16.4 Å². The summed E-state index contributed by atoms with van der Waals surface area (Å²) in [5.74, 6) is 1.27. The molecule has 0 spiro atoms. The third-order valence-electron chi connectivity index (χ3n) is 4.83. The van der Waals surface area contributed by atoms with Crippen LogP contribution in [-0.2, 0) is 11.3 Å². The van der Waals surface area contributed by atoms with E-state index in [0.717, 1.165) is 16.9 Å². The number of amides is 1. The van der Waals surface area contributed by atoms with Gasteiger partial charge in [0.1, 0.15) is 28.7 Å². The zero-order chi connectivity index (χ0) is 23.5. The van der Waals surface area contributed by atoms with Crippen LogP contribution in [0.3, 0.4) is 0 Å². The molecular weight excluding hydrogens is 464 g/mol. The minimum absolute atomic E-state index is 0.108. The number of hydrogen-bond acceptors (Lipinski definition) is 8. The van der Waals surface area contributed by atoms with E-state index in [0.29, 0.717) is 27.1 Å². The lowest BCUT2D eigenvalue weighted by atomic mass is 10.2. The van der Waals surface area contributed by atoms with Crippen molar-refractivity contribution in [1.82, 2.24) is 19.9 Å². The fourth-order valence-electron chi connectivity index (χ4n) is 3.15. The zero-order valence-corrected chi connectivity index (χ0v) is 19.7. The van der Waals surface area contributed by atoms with E-state index in [2.05, 4.69) is 20.6 Å². The highest BCUT2D eigenvalue weighted by molar-refractivity contribution is 7.98. The number of anilines is 2. The average Bonchev–Trinajstić information content (AvgIpc) is 3.40. The van der Waals surface area contributed by atoms with Gasteiger partial charge >= 0.3 is 0 Å². The molecule has 0 saturated carbocycles. The van der Waals surface area contributed by atoms with E-state index in [9.17, 15) is 4.79 Å². The Morgan fingerprint density at radius 1 is 1.27 bits per heavy atom. The molecule has 0 bridgehead atoms. The summed E-state index contributed by atoms with van der Waals surface area (Å²) >= 11 is 7.57. The van der Waals surface area contributed by atoms with Gasteiger partial charge in [-0.2, -0.15) is 10.1 Å². The molecule has 0 saturated heterocycles. The van der Waals surface area contributed by atoms with E-state index in [1.54, 1.807) is 19.2 Å². The Balaban J connectivity index is 1.57. The van der Waals surface area contributed by atoms with E-state index in [-0.39, 0.29) is 24.2 Å². The Hall–Kier alpha value is -3.50. The van der Waals surface area contributed by atoms with Crippen LogP contribution in [0, 0.1) is 6.92 Å². The zero-order valence-electron chi connectivity index (χ0n) is 18.1. The predicted molar refractivity (Wildman–Crippen MR) is 129 cm³/mol. The minimum atomic E-state index is -0.321. The number of nitrogens with two attached hydrogens (primary N) is 1. The van der Waals surface area contributed by atoms with Gasteiger partial charge in [0, 0.05) is 5.56 Å². The number of nitrogens with zero attached hydrogens (tertiary/aromatic N) is 4. The molecular formula is C22H21ClN6O3S. The van der Waals surface area contributed by atoms with Crippen LogP contribution in [0.5, 0.6) is 5.75 Å². The molecule has 4 rings (SSSR count). The van der Waals surface area contributed by atoms with Crippen molar-refractivity contribution < 1.29 is 14.1 Å². The molecule has 2 aromatic heterocycles. The van der Waals surface area contributed by atoms with Crippen molar-refractivity contribution in [3.05, 3.63) is 53.1 Å². The number of carbonyl (C=O) groups excluding carboxylic acids is 1. The molecule has 2 heterocycles. The summed E-state index contributed by atoms with van der Waals surface area (Å²) in [6.45, 7) is 1.81. The maximum atomic E-state index is 12.6. The lowest BCUT2D eigenvalue weighted by Crippen LogP contribution is -2.20. The molecule has 0 aliphatic carbocycles. The molecule has 33 heavy (non-hydrogen) atoms. The van der Waals surface area contributed by atoms with Crippen molar-refractivity contribution in [3.8, 4) is 28.6 Å². The highest BCUT2D eigenvalue weighted by atomic mass is 35.5. The molecule has 0 fully saturated rings. The minimum Gasteiger partial charge on any atom is -0.497 e. The first-order valence-electron chi connectivity index (χ1n) is 9.84. The first-order chi connectivity index (χ1) is 15.9. The first kappa shape index (κ1) is 22.7.